The number of carbonyl (C=O) groups excluding carboxylic acids is 1. The Morgan fingerprint density at radius 3 is 2.88 bits per heavy atom. The van der Waals surface area contributed by atoms with E-state index < -0.39 is 0 Å². The van der Waals surface area contributed by atoms with Crippen LogP contribution in [0.15, 0.2) is 54.7 Å². The molecule has 1 aromatic carbocycles. The summed E-state index contributed by atoms with van der Waals surface area (Å²) in [6.07, 6.45) is 1.71. The fraction of sp³-hybridized carbons (Fsp3) is 0.105. The summed E-state index contributed by atoms with van der Waals surface area (Å²) >= 11 is 1.39. The van der Waals surface area contributed by atoms with Gasteiger partial charge in [-0.1, -0.05) is 6.07 Å². The van der Waals surface area contributed by atoms with Crippen molar-refractivity contribution in [2.24, 2.45) is 0 Å². The summed E-state index contributed by atoms with van der Waals surface area (Å²) in [5.74, 6) is 0.674. The van der Waals surface area contributed by atoms with Crippen LogP contribution in [0.2, 0.25) is 0 Å². The molecule has 6 heteroatoms. The first-order chi connectivity index (χ1) is 12.2. The zero-order valence-corrected chi connectivity index (χ0v) is 14.3. The van der Waals surface area contributed by atoms with E-state index in [1.54, 1.807) is 13.3 Å². The van der Waals surface area contributed by atoms with Crippen molar-refractivity contribution in [2.45, 2.75) is 6.54 Å². The molecule has 3 aromatic heterocycles. The van der Waals surface area contributed by atoms with E-state index in [9.17, 15) is 4.79 Å². The highest BCUT2D eigenvalue weighted by Gasteiger charge is 2.12. The molecule has 0 bridgehead atoms. The lowest BCUT2D eigenvalue weighted by Crippen LogP contribution is -2.22. The van der Waals surface area contributed by atoms with E-state index in [0.29, 0.717) is 11.4 Å². The van der Waals surface area contributed by atoms with E-state index in [1.807, 2.05) is 48.5 Å². The molecular weight excluding hydrogens is 334 g/mol. The number of methoxy groups -OCH3 is 1. The van der Waals surface area contributed by atoms with Gasteiger partial charge in [-0.25, -0.2) is 4.98 Å². The molecule has 0 aliphatic heterocycles. The molecule has 0 aliphatic carbocycles. The van der Waals surface area contributed by atoms with E-state index in [4.69, 9.17) is 4.74 Å². The Kier molecular flexibility index (Phi) is 4.03. The zero-order valence-electron chi connectivity index (χ0n) is 13.5. The molecule has 0 aliphatic rings. The van der Waals surface area contributed by atoms with Crippen LogP contribution in [0, 0.1) is 0 Å². The van der Waals surface area contributed by atoms with E-state index in [-0.39, 0.29) is 5.91 Å². The summed E-state index contributed by atoms with van der Waals surface area (Å²) in [7, 11) is 1.64. The van der Waals surface area contributed by atoms with Crippen LogP contribution in [0.1, 0.15) is 15.4 Å². The SMILES string of the molecule is COc1ccc2nc3sc(C(=O)NCc4ccccn4)cc3cc2c1. The number of hydrogen-bond donors (Lipinski definition) is 1. The van der Waals surface area contributed by atoms with E-state index in [0.717, 1.165) is 32.6 Å². The van der Waals surface area contributed by atoms with Gasteiger partial charge in [-0.05, 0) is 42.5 Å². The molecule has 0 saturated carbocycles. The molecule has 0 saturated heterocycles. The van der Waals surface area contributed by atoms with Crippen LogP contribution < -0.4 is 10.1 Å². The van der Waals surface area contributed by atoms with Gasteiger partial charge in [0.05, 0.1) is 29.7 Å². The Morgan fingerprint density at radius 1 is 1.16 bits per heavy atom. The first kappa shape index (κ1) is 15.5. The third kappa shape index (κ3) is 3.16. The standard InChI is InChI=1S/C19H15N3O2S/c1-24-15-5-6-16-12(9-15)8-13-10-17(25-19(13)22-16)18(23)21-11-14-4-2-3-7-20-14/h2-10H,11H2,1H3,(H,21,23). The summed E-state index contributed by atoms with van der Waals surface area (Å²) in [4.78, 5) is 22.7. The van der Waals surface area contributed by atoms with Crippen molar-refractivity contribution >= 4 is 38.4 Å². The highest BCUT2D eigenvalue weighted by atomic mass is 32.1. The molecule has 1 amide bonds. The molecule has 124 valence electrons. The topological polar surface area (TPSA) is 64.1 Å². The molecule has 0 unspecified atom stereocenters. The lowest BCUT2D eigenvalue weighted by atomic mass is 10.2. The minimum Gasteiger partial charge on any atom is -0.497 e. The van der Waals surface area contributed by atoms with Gasteiger partial charge in [0.15, 0.2) is 0 Å². The number of pyridine rings is 2. The first-order valence-electron chi connectivity index (χ1n) is 7.79. The maximum atomic E-state index is 12.4. The first-order valence-corrected chi connectivity index (χ1v) is 8.61. The van der Waals surface area contributed by atoms with Crippen LogP contribution in [0.3, 0.4) is 0 Å². The molecule has 1 N–H and O–H groups in total. The summed E-state index contributed by atoms with van der Waals surface area (Å²) in [6, 6.07) is 15.3. The fourth-order valence-corrected chi connectivity index (χ4v) is 3.55. The van der Waals surface area contributed by atoms with Crippen LogP contribution in [-0.4, -0.2) is 23.0 Å². The molecule has 0 radical (unpaired) electrons. The number of thiophene rings is 1. The second kappa shape index (κ2) is 6.49. The maximum Gasteiger partial charge on any atom is 0.261 e. The van der Waals surface area contributed by atoms with Crippen LogP contribution in [-0.2, 0) is 6.54 Å². The summed E-state index contributed by atoms with van der Waals surface area (Å²) < 4.78 is 5.26. The number of fused-ring (bicyclic) bond motifs is 2. The summed E-state index contributed by atoms with van der Waals surface area (Å²) in [5, 5.41) is 4.84. The van der Waals surface area contributed by atoms with Gasteiger partial charge in [0, 0.05) is 17.0 Å². The summed E-state index contributed by atoms with van der Waals surface area (Å²) in [6.45, 7) is 0.403. The lowest BCUT2D eigenvalue weighted by molar-refractivity contribution is 0.0954. The van der Waals surface area contributed by atoms with Gasteiger partial charge in [-0.3, -0.25) is 9.78 Å². The quantitative estimate of drug-likeness (QED) is 0.609. The number of nitrogens with zero attached hydrogens (tertiary/aromatic N) is 2. The van der Waals surface area contributed by atoms with Crippen molar-refractivity contribution in [3.63, 3.8) is 0 Å². The second-order valence-corrected chi connectivity index (χ2v) is 6.59. The number of rotatable bonds is 4. The van der Waals surface area contributed by atoms with E-state index >= 15 is 0 Å². The number of nitrogens with one attached hydrogen (secondary N) is 1. The van der Waals surface area contributed by atoms with E-state index in [2.05, 4.69) is 15.3 Å². The Morgan fingerprint density at radius 2 is 2.08 bits per heavy atom. The molecule has 5 nitrogen and oxygen atoms in total. The number of hydrogen-bond acceptors (Lipinski definition) is 5. The third-order valence-corrected chi connectivity index (χ3v) is 4.93. The molecule has 25 heavy (non-hydrogen) atoms. The molecule has 4 rings (SSSR count). The van der Waals surface area contributed by atoms with Gasteiger partial charge in [0.1, 0.15) is 10.6 Å². The smallest absolute Gasteiger partial charge is 0.261 e. The van der Waals surface area contributed by atoms with Gasteiger partial charge in [0.25, 0.3) is 5.91 Å². The number of carbonyl (C=O) groups is 1. The largest absolute Gasteiger partial charge is 0.497 e. The Hall–Kier alpha value is -2.99. The van der Waals surface area contributed by atoms with E-state index in [1.165, 1.54) is 11.3 Å². The highest BCUT2D eigenvalue weighted by molar-refractivity contribution is 7.20. The monoisotopic (exact) mass is 349 g/mol. The fourth-order valence-electron chi connectivity index (χ4n) is 2.61. The molecule has 3 heterocycles. The Balaban J connectivity index is 1.61. The highest BCUT2D eigenvalue weighted by Crippen LogP contribution is 2.29. The molecular formula is C19H15N3O2S. The van der Waals surface area contributed by atoms with Crippen molar-refractivity contribution in [1.82, 2.24) is 15.3 Å². The van der Waals surface area contributed by atoms with Gasteiger partial charge in [0.2, 0.25) is 0 Å². The van der Waals surface area contributed by atoms with Crippen LogP contribution in [0.5, 0.6) is 5.75 Å². The minimum atomic E-state index is -0.115. The van der Waals surface area contributed by atoms with Crippen LogP contribution in [0.25, 0.3) is 21.1 Å². The van der Waals surface area contributed by atoms with Crippen LogP contribution >= 0.6 is 11.3 Å². The minimum absolute atomic E-state index is 0.115. The number of aromatic nitrogens is 2. The summed E-state index contributed by atoms with van der Waals surface area (Å²) in [5.41, 5.74) is 1.71. The van der Waals surface area contributed by atoms with Crippen LogP contribution in [0.4, 0.5) is 0 Å². The second-order valence-electron chi connectivity index (χ2n) is 5.56. The zero-order chi connectivity index (χ0) is 17.2. The van der Waals surface area contributed by atoms with Gasteiger partial charge in [-0.15, -0.1) is 11.3 Å². The average Bonchev–Trinajstić information content (AvgIpc) is 3.07. The number of amides is 1. The normalized spacial score (nSPS) is 10.9. The predicted octanol–water partition coefficient (Wildman–Crippen LogP) is 3.78. The van der Waals surface area contributed by atoms with Crippen molar-refractivity contribution in [3.8, 4) is 5.75 Å². The molecule has 0 fully saturated rings. The molecule has 4 aromatic rings. The molecule has 0 atom stereocenters. The average molecular weight is 349 g/mol. The maximum absolute atomic E-state index is 12.4. The third-order valence-electron chi connectivity index (χ3n) is 3.89. The number of ether oxygens (including phenoxy) is 1. The van der Waals surface area contributed by atoms with Crippen molar-refractivity contribution in [1.29, 1.82) is 0 Å². The van der Waals surface area contributed by atoms with Crippen molar-refractivity contribution in [3.05, 3.63) is 65.3 Å². The van der Waals surface area contributed by atoms with Gasteiger partial charge in [-0.2, -0.15) is 0 Å². The van der Waals surface area contributed by atoms with Crippen molar-refractivity contribution < 1.29 is 9.53 Å². The molecule has 0 spiro atoms. The van der Waals surface area contributed by atoms with Gasteiger partial charge < -0.3 is 10.1 Å². The Bertz CT molecular complexity index is 1060. The van der Waals surface area contributed by atoms with Crippen molar-refractivity contribution in [2.75, 3.05) is 7.11 Å². The number of benzene rings is 1. The van der Waals surface area contributed by atoms with Gasteiger partial charge >= 0.3 is 0 Å². The predicted molar refractivity (Wildman–Crippen MR) is 99.1 cm³/mol. The lowest BCUT2D eigenvalue weighted by Gasteiger charge is -2.02. The Labute approximate surface area is 148 Å².